The molecule has 0 saturated heterocycles. The van der Waals surface area contributed by atoms with Gasteiger partial charge in [-0.3, -0.25) is 14.6 Å². The summed E-state index contributed by atoms with van der Waals surface area (Å²) in [6, 6.07) is 0. The smallest absolute Gasteiger partial charge is 0.223 e. The van der Waals surface area contributed by atoms with Gasteiger partial charge in [0, 0.05) is 19.9 Å². The maximum Gasteiger partial charge on any atom is 0.223 e. The molecule has 5 unspecified atom stereocenters. The van der Waals surface area contributed by atoms with Crippen LogP contribution in [0.1, 0.15) is 46.0 Å². The van der Waals surface area contributed by atoms with Gasteiger partial charge in [-0.25, -0.2) is 0 Å². The first-order valence-corrected chi connectivity index (χ1v) is 9.33. The molecule has 0 aromatic heterocycles. The predicted octanol–water partition coefficient (Wildman–Crippen LogP) is 2.66. The Kier molecular flexibility index (Phi) is 2.87. The number of aliphatic imine (C=N–C) groups is 1. The van der Waals surface area contributed by atoms with Crippen molar-refractivity contribution in [1.82, 2.24) is 5.32 Å². The summed E-state index contributed by atoms with van der Waals surface area (Å²) in [5, 5.41) is 10.9. The monoisotopic (exact) mass is 340 g/mol. The lowest BCUT2D eigenvalue weighted by atomic mass is 9.09. The average molecular weight is 340 g/mol. The van der Waals surface area contributed by atoms with E-state index in [1.54, 1.807) is 6.08 Å². The van der Waals surface area contributed by atoms with Gasteiger partial charge in [0.15, 0.2) is 5.78 Å². The van der Waals surface area contributed by atoms with Crippen LogP contribution in [-0.4, -0.2) is 30.6 Å². The largest absolute Gasteiger partial charge is 0.355 e. The van der Waals surface area contributed by atoms with Gasteiger partial charge < -0.3 is 5.32 Å². The molecule has 0 aromatic rings. The number of nitrogens with one attached hydrogen (secondary N) is 1. The Morgan fingerprint density at radius 1 is 1.28 bits per heavy atom. The second-order valence-electron chi connectivity index (χ2n) is 9.00. The van der Waals surface area contributed by atoms with Crippen LogP contribution in [0.25, 0.3) is 0 Å². The lowest BCUT2D eigenvalue weighted by molar-refractivity contribution is -0.472. The minimum atomic E-state index is -0.184. The molecule has 1 spiro atoms. The molecule has 0 aromatic carbocycles. The van der Waals surface area contributed by atoms with E-state index in [0.29, 0.717) is 34.9 Å². The zero-order chi connectivity index (χ0) is 17.4. The fourth-order valence-corrected chi connectivity index (χ4v) is 7.49. The highest BCUT2D eigenvalue weighted by Crippen LogP contribution is 2.97. The summed E-state index contributed by atoms with van der Waals surface area (Å²) in [6.45, 7) is 5.04. The van der Waals surface area contributed by atoms with Gasteiger partial charge in [0.2, 0.25) is 11.7 Å². The molecular formula is C19H24N4O2. The van der Waals surface area contributed by atoms with E-state index < -0.39 is 0 Å². The lowest BCUT2D eigenvalue weighted by Gasteiger charge is -2.95. The standard InChI is InChI=1S/C19H24N4O2/c1-11(24)16-20-8-14(22-23-16)3-4-15(25)21-10-18-7-13-5-12-6-17(2,9-18)19(12,13)18/h3,12-13H,4-10H2,1-2H3,(H,21,25)/b14-3-. The molecule has 5 atom stereocenters. The summed E-state index contributed by atoms with van der Waals surface area (Å²) in [4.78, 5) is 27.5. The van der Waals surface area contributed by atoms with Crippen molar-refractivity contribution in [1.29, 1.82) is 0 Å². The number of nitrogens with zero attached hydrogens (tertiary/aromatic N) is 3. The SMILES string of the molecule is CC(=O)C1=NC/C(=C/CC(=O)NCC23CC4CC5CC(C)(C2)C543)N=N1. The molecule has 6 heteroatoms. The Morgan fingerprint density at radius 2 is 2.08 bits per heavy atom. The van der Waals surface area contributed by atoms with Gasteiger partial charge in [-0.1, -0.05) is 6.92 Å². The Balaban J connectivity index is 1.14. The minimum Gasteiger partial charge on any atom is -0.355 e. The topological polar surface area (TPSA) is 83.2 Å². The van der Waals surface area contributed by atoms with Crippen LogP contribution in [0.3, 0.4) is 0 Å². The van der Waals surface area contributed by atoms with Crippen molar-refractivity contribution in [3.63, 3.8) is 0 Å². The third kappa shape index (κ3) is 1.68. The second-order valence-corrected chi connectivity index (χ2v) is 9.00. The number of azo groups is 1. The summed E-state index contributed by atoms with van der Waals surface area (Å²) in [6.07, 6.45) is 7.53. The minimum absolute atomic E-state index is 0.0436. The molecule has 0 radical (unpaired) electrons. The summed E-state index contributed by atoms with van der Waals surface area (Å²) in [5.74, 6) is 1.90. The quantitative estimate of drug-likeness (QED) is 0.834. The van der Waals surface area contributed by atoms with Crippen molar-refractivity contribution < 1.29 is 9.59 Å². The first-order valence-electron chi connectivity index (χ1n) is 9.33. The fraction of sp³-hybridized carbons (Fsp3) is 0.737. The Morgan fingerprint density at radius 3 is 2.68 bits per heavy atom. The zero-order valence-corrected chi connectivity index (χ0v) is 14.8. The van der Waals surface area contributed by atoms with E-state index in [-0.39, 0.29) is 17.5 Å². The van der Waals surface area contributed by atoms with Crippen LogP contribution >= 0.6 is 0 Å². The molecule has 5 rings (SSSR count). The number of carbonyl (C=O) groups excluding carboxylic acids is 2. The fourth-order valence-electron chi connectivity index (χ4n) is 7.49. The third-order valence-corrected chi connectivity index (χ3v) is 7.92. The van der Waals surface area contributed by atoms with Crippen LogP contribution in [0.2, 0.25) is 0 Å². The van der Waals surface area contributed by atoms with Gasteiger partial charge in [0.25, 0.3) is 0 Å². The number of carbonyl (C=O) groups is 2. The van der Waals surface area contributed by atoms with Crippen LogP contribution in [0.4, 0.5) is 0 Å². The number of amidine groups is 1. The van der Waals surface area contributed by atoms with Crippen molar-refractivity contribution in [2.24, 2.45) is 43.3 Å². The summed E-state index contributed by atoms with van der Waals surface area (Å²) in [7, 11) is 0. The average Bonchev–Trinajstić information content (AvgIpc) is 2.53. The van der Waals surface area contributed by atoms with Crippen LogP contribution in [0.15, 0.2) is 27.0 Å². The molecule has 1 aliphatic heterocycles. The molecule has 4 saturated carbocycles. The van der Waals surface area contributed by atoms with Gasteiger partial charge in [-0.05, 0) is 59.8 Å². The third-order valence-electron chi connectivity index (χ3n) is 7.92. The lowest BCUT2D eigenvalue weighted by Crippen LogP contribution is -2.91. The van der Waals surface area contributed by atoms with Crippen molar-refractivity contribution >= 4 is 17.5 Å². The molecule has 0 bridgehead atoms. The van der Waals surface area contributed by atoms with Crippen molar-refractivity contribution in [2.75, 3.05) is 13.1 Å². The van der Waals surface area contributed by atoms with E-state index in [0.717, 1.165) is 18.4 Å². The maximum atomic E-state index is 12.2. The summed E-state index contributed by atoms with van der Waals surface area (Å²) >= 11 is 0. The van der Waals surface area contributed by atoms with E-state index in [2.05, 4.69) is 27.5 Å². The van der Waals surface area contributed by atoms with Gasteiger partial charge >= 0.3 is 0 Å². The molecule has 132 valence electrons. The number of amides is 1. The maximum absolute atomic E-state index is 12.2. The van der Waals surface area contributed by atoms with Gasteiger partial charge in [0.1, 0.15) is 0 Å². The van der Waals surface area contributed by atoms with E-state index in [4.69, 9.17) is 0 Å². The van der Waals surface area contributed by atoms with Gasteiger partial charge in [-0.2, -0.15) is 5.11 Å². The highest BCUT2D eigenvalue weighted by Gasteiger charge is 2.91. The zero-order valence-electron chi connectivity index (χ0n) is 14.8. The van der Waals surface area contributed by atoms with Crippen LogP contribution < -0.4 is 5.32 Å². The van der Waals surface area contributed by atoms with Crippen LogP contribution in [0, 0.1) is 28.1 Å². The van der Waals surface area contributed by atoms with E-state index in [1.165, 1.54) is 32.6 Å². The predicted molar refractivity (Wildman–Crippen MR) is 92.0 cm³/mol. The van der Waals surface area contributed by atoms with Crippen molar-refractivity contribution in [3.05, 3.63) is 11.8 Å². The molecule has 1 amide bonds. The Bertz CT molecular complexity index is 778. The summed E-state index contributed by atoms with van der Waals surface area (Å²) in [5.41, 5.74) is 2.23. The molecule has 1 heterocycles. The molecule has 25 heavy (non-hydrogen) atoms. The molecular weight excluding hydrogens is 316 g/mol. The molecule has 5 aliphatic rings. The van der Waals surface area contributed by atoms with E-state index in [9.17, 15) is 9.59 Å². The molecule has 4 fully saturated rings. The molecule has 6 nitrogen and oxygen atoms in total. The number of rotatable bonds is 5. The van der Waals surface area contributed by atoms with Gasteiger partial charge in [-0.15, -0.1) is 5.11 Å². The number of Topliss-reactive ketones (excluding diaryl/α,β-unsaturated/α-hetero) is 1. The van der Waals surface area contributed by atoms with Crippen LogP contribution in [0.5, 0.6) is 0 Å². The first kappa shape index (κ1) is 15.4. The highest BCUT2D eigenvalue weighted by molar-refractivity contribution is 6.38. The van der Waals surface area contributed by atoms with E-state index >= 15 is 0 Å². The second kappa shape index (κ2) is 4.65. The Hall–Kier alpha value is -1.85. The van der Waals surface area contributed by atoms with Gasteiger partial charge in [0.05, 0.1) is 12.2 Å². The Labute approximate surface area is 147 Å². The highest BCUT2D eigenvalue weighted by atomic mass is 16.1. The van der Waals surface area contributed by atoms with Crippen LogP contribution in [-0.2, 0) is 9.59 Å². The van der Waals surface area contributed by atoms with Crippen molar-refractivity contribution in [2.45, 2.75) is 46.0 Å². The number of hydrogen-bond donors (Lipinski definition) is 1. The number of hydrogen-bond acceptors (Lipinski definition) is 5. The van der Waals surface area contributed by atoms with Crippen molar-refractivity contribution in [3.8, 4) is 0 Å². The number of ketones is 1. The normalized spacial score (nSPS) is 46.5. The molecule has 4 aliphatic carbocycles. The summed E-state index contributed by atoms with van der Waals surface area (Å²) < 4.78 is 0. The molecule has 1 N–H and O–H groups in total. The van der Waals surface area contributed by atoms with E-state index in [1.807, 2.05) is 0 Å². The first-order chi connectivity index (χ1) is 11.9.